The van der Waals surface area contributed by atoms with Gasteiger partial charge in [-0.05, 0) is 12.8 Å². The Labute approximate surface area is 71.2 Å². The highest BCUT2D eigenvalue weighted by molar-refractivity contribution is 4.93. The van der Waals surface area contributed by atoms with Crippen molar-refractivity contribution in [1.29, 1.82) is 0 Å². The minimum absolute atomic E-state index is 0.347. The van der Waals surface area contributed by atoms with Gasteiger partial charge in [-0.3, -0.25) is 0 Å². The SMILES string of the molecule is NCc1nnc(C2CCCC2)o1. The van der Waals surface area contributed by atoms with Gasteiger partial charge in [-0.15, -0.1) is 10.2 Å². The predicted molar refractivity (Wildman–Crippen MR) is 43.4 cm³/mol. The monoisotopic (exact) mass is 167 g/mol. The third kappa shape index (κ3) is 1.34. The molecular weight excluding hydrogens is 154 g/mol. The highest BCUT2D eigenvalue weighted by Gasteiger charge is 2.22. The Bertz CT molecular complexity index is 253. The molecule has 1 aliphatic carbocycles. The van der Waals surface area contributed by atoms with Crippen molar-refractivity contribution in [1.82, 2.24) is 10.2 Å². The number of nitrogens with two attached hydrogens (primary N) is 1. The van der Waals surface area contributed by atoms with Crippen LogP contribution in [0.1, 0.15) is 43.4 Å². The second-order valence-electron chi connectivity index (χ2n) is 3.22. The van der Waals surface area contributed by atoms with Crippen molar-refractivity contribution < 1.29 is 4.42 Å². The maximum absolute atomic E-state index is 5.37. The average Bonchev–Trinajstić information content (AvgIpc) is 2.75. The van der Waals surface area contributed by atoms with Gasteiger partial charge in [0.2, 0.25) is 11.8 Å². The lowest BCUT2D eigenvalue weighted by atomic mass is 10.1. The first kappa shape index (κ1) is 7.73. The molecule has 1 saturated carbocycles. The third-order valence-corrected chi connectivity index (χ3v) is 2.36. The van der Waals surface area contributed by atoms with Gasteiger partial charge in [0.05, 0.1) is 6.54 Å². The summed E-state index contributed by atoms with van der Waals surface area (Å²) in [5, 5.41) is 7.81. The molecule has 1 fully saturated rings. The molecule has 2 rings (SSSR count). The van der Waals surface area contributed by atoms with E-state index in [-0.39, 0.29) is 0 Å². The molecule has 1 aromatic heterocycles. The summed E-state index contributed by atoms with van der Waals surface area (Å²) < 4.78 is 5.37. The molecule has 4 nitrogen and oxygen atoms in total. The van der Waals surface area contributed by atoms with E-state index in [1.165, 1.54) is 25.7 Å². The van der Waals surface area contributed by atoms with E-state index in [2.05, 4.69) is 10.2 Å². The molecular formula is C8H13N3O. The van der Waals surface area contributed by atoms with Crippen LogP contribution in [0.3, 0.4) is 0 Å². The van der Waals surface area contributed by atoms with Gasteiger partial charge in [0, 0.05) is 5.92 Å². The summed E-state index contributed by atoms with van der Waals surface area (Å²) in [5.41, 5.74) is 5.37. The summed E-state index contributed by atoms with van der Waals surface area (Å²) in [4.78, 5) is 0. The van der Waals surface area contributed by atoms with Crippen LogP contribution in [0.2, 0.25) is 0 Å². The van der Waals surface area contributed by atoms with Crippen LogP contribution in [0, 0.1) is 0 Å². The lowest BCUT2D eigenvalue weighted by Gasteiger charge is -1.99. The Hall–Kier alpha value is -0.900. The standard InChI is InChI=1S/C8H13N3O/c9-5-7-10-11-8(12-7)6-3-1-2-4-6/h6H,1-5,9H2. The van der Waals surface area contributed by atoms with E-state index in [1.54, 1.807) is 0 Å². The van der Waals surface area contributed by atoms with Gasteiger partial charge in [0.1, 0.15) is 0 Å². The Morgan fingerprint density at radius 2 is 2.08 bits per heavy atom. The fourth-order valence-electron chi connectivity index (χ4n) is 1.69. The van der Waals surface area contributed by atoms with E-state index < -0.39 is 0 Å². The Morgan fingerprint density at radius 3 is 2.67 bits per heavy atom. The maximum atomic E-state index is 5.37. The van der Waals surface area contributed by atoms with E-state index in [9.17, 15) is 0 Å². The topological polar surface area (TPSA) is 64.9 Å². The minimum Gasteiger partial charge on any atom is -0.424 e. The van der Waals surface area contributed by atoms with Crippen LogP contribution < -0.4 is 5.73 Å². The number of hydrogen-bond acceptors (Lipinski definition) is 4. The first-order chi connectivity index (χ1) is 5.90. The van der Waals surface area contributed by atoms with Gasteiger partial charge >= 0.3 is 0 Å². The minimum atomic E-state index is 0.347. The fourth-order valence-corrected chi connectivity index (χ4v) is 1.69. The molecule has 1 heterocycles. The third-order valence-electron chi connectivity index (χ3n) is 2.36. The van der Waals surface area contributed by atoms with E-state index in [0.29, 0.717) is 18.4 Å². The largest absolute Gasteiger partial charge is 0.424 e. The number of nitrogens with zero attached hydrogens (tertiary/aromatic N) is 2. The highest BCUT2D eigenvalue weighted by Crippen LogP contribution is 2.32. The summed E-state index contributed by atoms with van der Waals surface area (Å²) in [5.74, 6) is 1.84. The molecule has 0 aromatic carbocycles. The van der Waals surface area contributed by atoms with Crippen LogP contribution in [0.4, 0.5) is 0 Å². The first-order valence-electron chi connectivity index (χ1n) is 4.42. The second-order valence-corrected chi connectivity index (χ2v) is 3.22. The number of hydrogen-bond donors (Lipinski definition) is 1. The van der Waals surface area contributed by atoms with E-state index in [1.807, 2.05) is 0 Å². The zero-order valence-corrected chi connectivity index (χ0v) is 6.99. The summed E-state index contributed by atoms with van der Waals surface area (Å²) in [6, 6.07) is 0. The van der Waals surface area contributed by atoms with E-state index >= 15 is 0 Å². The molecule has 4 heteroatoms. The summed E-state index contributed by atoms with van der Waals surface area (Å²) in [7, 11) is 0. The summed E-state index contributed by atoms with van der Waals surface area (Å²) >= 11 is 0. The van der Waals surface area contributed by atoms with Gasteiger partial charge in [0.25, 0.3) is 0 Å². The molecule has 0 radical (unpaired) electrons. The van der Waals surface area contributed by atoms with Crippen molar-refractivity contribution in [2.45, 2.75) is 38.1 Å². The molecule has 0 amide bonds. The maximum Gasteiger partial charge on any atom is 0.230 e. The second kappa shape index (κ2) is 3.23. The van der Waals surface area contributed by atoms with Crippen LogP contribution in [-0.4, -0.2) is 10.2 Å². The summed E-state index contributed by atoms with van der Waals surface area (Å²) in [6.45, 7) is 0.347. The van der Waals surface area contributed by atoms with Crippen molar-refractivity contribution >= 4 is 0 Å². The Morgan fingerprint density at radius 1 is 1.33 bits per heavy atom. The molecule has 0 atom stereocenters. The molecule has 0 spiro atoms. The summed E-state index contributed by atoms with van der Waals surface area (Å²) in [6.07, 6.45) is 4.94. The Kier molecular flexibility index (Phi) is 2.08. The molecule has 0 bridgehead atoms. The zero-order chi connectivity index (χ0) is 8.39. The molecule has 12 heavy (non-hydrogen) atoms. The Balaban J connectivity index is 2.11. The van der Waals surface area contributed by atoms with Crippen molar-refractivity contribution in [3.8, 4) is 0 Å². The van der Waals surface area contributed by atoms with Gasteiger partial charge in [-0.1, -0.05) is 12.8 Å². The van der Waals surface area contributed by atoms with Crippen molar-refractivity contribution in [2.75, 3.05) is 0 Å². The van der Waals surface area contributed by atoms with Crippen LogP contribution in [-0.2, 0) is 6.54 Å². The normalized spacial score (nSPS) is 18.8. The van der Waals surface area contributed by atoms with Gasteiger partial charge < -0.3 is 10.2 Å². The average molecular weight is 167 g/mol. The highest BCUT2D eigenvalue weighted by atomic mass is 16.4. The molecule has 1 aromatic rings. The molecule has 66 valence electrons. The molecule has 0 unspecified atom stereocenters. The van der Waals surface area contributed by atoms with Crippen molar-refractivity contribution in [2.24, 2.45) is 5.73 Å². The molecule has 2 N–H and O–H groups in total. The fraction of sp³-hybridized carbons (Fsp3) is 0.750. The lowest BCUT2D eigenvalue weighted by Crippen LogP contribution is -1.95. The number of aromatic nitrogens is 2. The number of rotatable bonds is 2. The van der Waals surface area contributed by atoms with Crippen molar-refractivity contribution in [3.05, 3.63) is 11.8 Å². The van der Waals surface area contributed by atoms with Crippen LogP contribution in [0.5, 0.6) is 0 Å². The van der Waals surface area contributed by atoms with E-state index in [0.717, 1.165) is 5.89 Å². The molecule has 1 aliphatic rings. The zero-order valence-electron chi connectivity index (χ0n) is 6.99. The van der Waals surface area contributed by atoms with Crippen LogP contribution in [0.25, 0.3) is 0 Å². The molecule has 0 saturated heterocycles. The predicted octanol–water partition coefficient (Wildman–Crippen LogP) is 1.19. The van der Waals surface area contributed by atoms with Gasteiger partial charge in [-0.25, -0.2) is 0 Å². The quantitative estimate of drug-likeness (QED) is 0.718. The van der Waals surface area contributed by atoms with Crippen molar-refractivity contribution in [3.63, 3.8) is 0 Å². The van der Waals surface area contributed by atoms with E-state index in [4.69, 9.17) is 10.2 Å². The smallest absolute Gasteiger partial charge is 0.230 e. The lowest BCUT2D eigenvalue weighted by molar-refractivity contribution is 0.417. The van der Waals surface area contributed by atoms with Crippen LogP contribution in [0.15, 0.2) is 4.42 Å². The van der Waals surface area contributed by atoms with Gasteiger partial charge in [-0.2, -0.15) is 0 Å². The molecule has 0 aliphatic heterocycles. The van der Waals surface area contributed by atoms with Gasteiger partial charge in [0.15, 0.2) is 0 Å². The van der Waals surface area contributed by atoms with Crippen LogP contribution >= 0.6 is 0 Å². The first-order valence-corrected chi connectivity index (χ1v) is 4.42.